The van der Waals surface area contributed by atoms with E-state index in [0.29, 0.717) is 18.1 Å². The Bertz CT molecular complexity index is 505. The summed E-state index contributed by atoms with van der Waals surface area (Å²) in [7, 11) is -0.852. The van der Waals surface area contributed by atoms with E-state index in [1.807, 2.05) is 24.3 Å². The van der Waals surface area contributed by atoms with Gasteiger partial charge in [-0.3, -0.25) is 4.21 Å². The molecule has 84 valence electrons. The molecule has 0 spiro atoms. The summed E-state index contributed by atoms with van der Waals surface area (Å²) in [5.74, 6) is 1.17. The summed E-state index contributed by atoms with van der Waals surface area (Å²) >= 11 is 0. The minimum absolute atomic E-state index is 0.484. The highest BCUT2D eigenvalue weighted by Gasteiger charge is 2.04. The number of nitrogens with two attached hydrogens (primary N) is 1. The van der Waals surface area contributed by atoms with Gasteiger partial charge in [0.2, 0.25) is 0 Å². The van der Waals surface area contributed by atoms with Gasteiger partial charge in [-0.05, 0) is 16.3 Å². The number of fused-ring (bicyclic) bond motifs is 1. The second-order valence-corrected chi connectivity index (χ2v) is 5.29. The van der Waals surface area contributed by atoms with Crippen LogP contribution in [0.1, 0.15) is 5.56 Å². The summed E-state index contributed by atoms with van der Waals surface area (Å²) in [5, 5.41) is 2.39. The summed E-state index contributed by atoms with van der Waals surface area (Å²) in [6.45, 7) is 0.484. The van der Waals surface area contributed by atoms with Crippen LogP contribution in [0.5, 0.6) is 0 Å². The van der Waals surface area contributed by atoms with Gasteiger partial charge in [-0.15, -0.1) is 0 Å². The molecule has 0 radical (unpaired) electrons. The van der Waals surface area contributed by atoms with Gasteiger partial charge >= 0.3 is 0 Å². The molecule has 0 fully saturated rings. The molecule has 0 saturated carbocycles. The van der Waals surface area contributed by atoms with Gasteiger partial charge in [0, 0.05) is 28.9 Å². The maximum absolute atomic E-state index is 11.7. The lowest BCUT2D eigenvalue weighted by molar-refractivity contribution is 0.682. The molecule has 3 heteroatoms. The van der Waals surface area contributed by atoms with Crippen LogP contribution in [0.4, 0.5) is 0 Å². The van der Waals surface area contributed by atoms with Crippen molar-refractivity contribution in [2.24, 2.45) is 5.73 Å². The molecular formula is C13H15NOS. The number of rotatable bonds is 4. The van der Waals surface area contributed by atoms with Crippen LogP contribution in [0, 0.1) is 0 Å². The van der Waals surface area contributed by atoms with Crippen LogP contribution in [-0.4, -0.2) is 16.5 Å². The van der Waals surface area contributed by atoms with Crippen molar-refractivity contribution in [2.75, 3.05) is 12.3 Å². The van der Waals surface area contributed by atoms with Gasteiger partial charge in [0.15, 0.2) is 0 Å². The molecule has 0 aromatic heterocycles. The van der Waals surface area contributed by atoms with Crippen LogP contribution in [0.3, 0.4) is 0 Å². The monoisotopic (exact) mass is 233 g/mol. The summed E-state index contributed by atoms with van der Waals surface area (Å²) in [6.07, 6.45) is 0. The van der Waals surface area contributed by atoms with Gasteiger partial charge in [-0.2, -0.15) is 0 Å². The Hall–Kier alpha value is -1.19. The van der Waals surface area contributed by atoms with Gasteiger partial charge in [0.1, 0.15) is 0 Å². The van der Waals surface area contributed by atoms with Crippen molar-refractivity contribution in [3.05, 3.63) is 48.0 Å². The molecule has 2 aromatic carbocycles. The summed E-state index contributed by atoms with van der Waals surface area (Å²) < 4.78 is 11.7. The van der Waals surface area contributed by atoms with E-state index in [2.05, 4.69) is 18.2 Å². The molecule has 0 aliphatic carbocycles. The maximum Gasteiger partial charge on any atom is 0.0492 e. The minimum atomic E-state index is -0.852. The van der Waals surface area contributed by atoms with E-state index in [0.717, 1.165) is 5.56 Å². The van der Waals surface area contributed by atoms with Crippen molar-refractivity contribution >= 4 is 21.6 Å². The zero-order valence-corrected chi connectivity index (χ0v) is 9.87. The van der Waals surface area contributed by atoms with E-state index >= 15 is 0 Å². The summed E-state index contributed by atoms with van der Waals surface area (Å²) in [5.41, 5.74) is 6.55. The zero-order valence-electron chi connectivity index (χ0n) is 9.06. The van der Waals surface area contributed by atoms with Crippen LogP contribution in [-0.2, 0) is 16.6 Å². The highest BCUT2D eigenvalue weighted by atomic mass is 32.2. The fourth-order valence-corrected chi connectivity index (χ4v) is 2.80. The lowest BCUT2D eigenvalue weighted by Crippen LogP contribution is -2.11. The van der Waals surface area contributed by atoms with E-state index in [-0.39, 0.29) is 0 Å². The summed E-state index contributed by atoms with van der Waals surface area (Å²) in [4.78, 5) is 0. The Kier molecular flexibility index (Phi) is 3.70. The van der Waals surface area contributed by atoms with Crippen LogP contribution in [0.15, 0.2) is 42.5 Å². The molecule has 2 rings (SSSR count). The first-order chi connectivity index (χ1) is 7.81. The number of hydrogen-bond acceptors (Lipinski definition) is 2. The minimum Gasteiger partial charge on any atom is -0.330 e. The normalized spacial score (nSPS) is 12.8. The van der Waals surface area contributed by atoms with Crippen LogP contribution in [0.25, 0.3) is 10.8 Å². The molecule has 1 unspecified atom stereocenters. The molecule has 0 saturated heterocycles. The Morgan fingerprint density at radius 3 is 2.62 bits per heavy atom. The molecule has 0 heterocycles. The lowest BCUT2D eigenvalue weighted by Gasteiger charge is -2.05. The van der Waals surface area contributed by atoms with Gasteiger partial charge in [-0.1, -0.05) is 42.5 Å². The average molecular weight is 233 g/mol. The highest BCUT2D eigenvalue weighted by Crippen LogP contribution is 2.19. The van der Waals surface area contributed by atoms with Crippen molar-refractivity contribution in [3.8, 4) is 0 Å². The molecule has 2 nitrogen and oxygen atoms in total. The van der Waals surface area contributed by atoms with E-state index in [1.165, 1.54) is 10.8 Å². The standard InChI is InChI=1S/C13H15NOS/c14-8-9-16(15)10-12-6-3-5-11-4-1-2-7-13(11)12/h1-7H,8-10,14H2. The third kappa shape index (κ3) is 2.49. The van der Waals surface area contributed by atoms with Gasteiger partial charge < -0.3 is 5.73 Å². The first-order valence-corrected chi connectivity index (χ1v) is 6.82. The molecule has 0 aliphatic rings. The summed E-state index contributed by atoms with van der Waals surface area (Å²) in [6, 6.07) is 14.3. The van der Waals surface area contributed by atoms with Crippen LogP contribution >= 0.6 is 0 Å². The van der Waals surface area contributed by atoms with Gasteiger partial charge in [0.25, 0.3) is 0 Å². The van der Waals surface area contributed by atoms with E-state index in [9.17, 15) is 4.21 Å². The van der Waals surface area contributed by atoms with E-state index < -0.39 is 10.8 Å². The lowest BCUT2D eigenvalue weighted by atomic mass is 10.1. The third-order valence-electron chi connectivity index (χ3n) is 2.54. The first-order valence-electron chi connectivity index (χ1n) is 5.33. The van der Waals surface area contributed by atoms with E-state index in [4.69, 9.17) is 5.73 Å². The quantitative estimate of drug-likeness (QED) is 0.878. The third-order valence-corrected chi connectivity index (χ3v) is 3.87. The average Bonchev–Trinajstić information content (AvgIpc) is 2.30. The molecule has 2 aromatic rings. The largest absolute Gasteiger partial charge is 0.330 e. The number of hydrogen-bond donors (Lipinski definition) is 1. The smallest absolute Gasteiger partial charge is 0.0492 e. The SMILES string of the molecule is NCCS(=O)Cc1cccc2ccccc12. The fourth-order valence-electron chi connectivity index (χ4n) is 1.80. The Labute approximate surface area is 97.9 Å². The second kappa shape index (κ2) is 5.23. The molecule has 2 N–H and O–H groups in total. The van der Waals surface area contributed by atoms with Crippen molar-refractivity contribution in [2.45, 2.75) is 5.75 Å². The van der Waals surface area contributed by atoms with Crippen LogP contribution in [0.2, 0.25) is 0 Å². The molecule has 0 amide bonds. The second-order valence-electron chi connectivity index (χ2n) is 3.72. The Morgan fingerprint density at radius 1 is 1.06 bits per heavy atom. The maximum atomic E-state index is 11.7. The highest BCUT2D eigenvalue weighted by molar-refractivity contribution is 7.84. The predicted molar refractivity (Wildman–Crippen MR) is 69.7 cm³/mol. The van der Waals surface area contributed by atoms with Crippen molar-refractivity contribution in [1.29, 1.82) is 0 Å². The molecular weight excluding hydrogens is 218 g/mol. The molecule has 0 bridgehead atoms. The van der Waals surface area contributed by atoms with Crippen molar-refractivity contribution in [3.63, 3.8) is 0 Å². The van der Waals surface area contributed by atoms with Crippen molar-refractivity contribution in [1.82, 2.24) is 0 Å². The Balaban J connectivity index is 2.33. The van der Waals surface area contributed by atoms with E-state index in [1.54, 1.807) is 0 Å². The molecule has 1 atom stereocenters. The van der Waals surface area contributed by atoms with Crippen LogP contribution < -0.4 is 5.73 Å². The topological polar surface area (TPSA) is 43.1 Å². The predicted octanol–water partition coefficient (Wildman–Crippen LogP) is 2.05. The number of benzene rings is 2. The van der Waals surface area contributed by atoms with Gasteiger partial charge in [0.05, 0.1) is 0 Å². The van der Waals surface area contributed by atoms with Crippen molar-refractivity contribution < 1.29 is 4.21 Å². The Morgan fingerprint density at radius 2 is 1.81 bits per heavy atom. The molecule has 16 heavy (non-hydrogen) atoms. The molecule has 0 aliphatic heterocycles. The zero-order chi connectivity index (χ0) is 11.4. The van der Waals surface area contributed by atoms with Gasteiger partial charge in [-0.25, -0.2) is 0 Å². The first kappa shape index (κ1) is 11.3. The fraction of sp³-hybridized carbons (Fsp3) is 0.231.